The summed E-state index contributed by atoms with van der Waals surface area (Å²) in [5.41, 5.74) is 5.30. The molecule has 2 aromatic carbocycles. The van der Waals surface area contributed by atoms with Gasteiger partial charge in [0.05, 0.1) is 5.92 Å². The molecule has 2 heterocycles. The van der Waals surface area contributed by atoms with Crippen LogP contribution < -0.4 is 4.90 Å². The second-order valence-electron chi connectivity index (χ2n) is 8.21. The molecule has 0 amide bonds. The van der Waals surface area contributed by atoms with Crippen LogP contribution in [0.3, 0.4) is 0 Å². The summed E-state index contributed by atoms with van der Waals surface area (Å²) in [5, 5.41) is 9.94. The third kappa shape index (κ3) is 5.29. The standard InChI is InChI=1S/C24H29ClN2O2.ClH/c25-21-10-9-19-8-7-18-5-1-2-6-22(18)27(23(19)17-21)14-4-3-13-26-15-11-20(12-16-26)24(28)29;/h1-2,5-6,9-10,17,20H,3-4,7-8,11-16H2,(H,28,29);1H. The third-order valence-corrected chi connectivity index (χ3v) is 6.56. The molecule has 162 valence electrons. The minimum Gasteiger partial charge on any atom is -0.481 e. The smallest absolute Gasteiger partial charge is 0.306 e. The number of halogens is 2. The first-order valence-corrected chi connectivity index (χ1v) is 11.1. The van der Waals surface area contributed by atoms with E-state index in [0.717, 1.165) is 69.7 Å². The summed E-state index contributed by atoms with van der Waals surface area (Å²) >= 11 is 6.34. The lowest BCUT2D eigenvalue weighted by atomic mass is 9.97. The van der Waals surface area contributed by atoms with Gasteiger partial charge in [0.2, 0.25) is 0 Å². The lowest BCUT2D eigenvalue weighted by molar-refractivity contribution is -0.143. The number of hydrogen-bond acceptors (Lipinski definition) is 3. The van der Waals surface area contributed by atoms with Crippen molar-refractivity contribution in [2.24, 2.45) is 5.92 Å². The van der Waals surface area contributed by atoms with Gasteiger partial charge in [0.15, 0.2) is 0 Å². The fourth-order valence-electron chi connectivity index (χ4n) is 4.63. The van der Waals surface area contributed by atoms with Crippen LogP contribution >= 0.6 is 24.0 Å². The van der Waals surface area contributed by atoms with E-state index < -0.39 is 5.97 Å². The molecule has 0 spiro atoms. The van der Waals surface area contributed by atoms with Crippen molar-refractivity contribution >= 4 is 41.4 Å². The number of piperidine rings is 1. The quantitative estimate of drug-likeness (QED) is 0.586. The fraction of sp³-hybridized carbons (Fsp3) is 0.458. The highest BCUT2D eigenvalue weighted by Crippen LogP contribution is 2.37. The van der Waals surface area contributed by atoms with Crippen LogP contribution in [0.5, 0.6) is 0 Å². The number of aryl methyl sites for hydroxylation is 2. The Hall–Kier alpha value is -1.75. The number of likely N-dealkylation sites (tertiary alicyclic amines) is 1. The summed E-state index contributed by atoms with van der Waals surface area (Å²) in [7, 11) is 0. The van der Waals surface area contributed by atoms with E-state index in [4.69, 9.17) is 16.7 Å². The molecule has 0 aliphatic carbocycles. The monoisotopic (exact) mass is 448 g/mol. The second kappa shape index (κ2) is 10.5. The summed E-state index contributed by atoms with van der Waals surface area (Å²) in [5.74, 6) is -0.789. The third-order valence-electron chi connectivity index (χ3n) is 6.33. The number of hydrogen-bond donors (Lipinski definition) is 1. The van der Waals surface area contributed by atoms with Gasteiger partial charge in [-0.2, -0.15) is 0 Å². The Labute approximate surface area is 190 Å². The minimum atomic E-state index is -0.637. The topological polar surface area (TPSA) is 43.8 Å². The maximum atomic E-state index is 11.1. The Bertz CT molecular complexity index is 866. The van der Waals surface area contributed by atoms with Crippen molar-refractivity contribution in [2.45, 2.75) is 38.5 Å². The van der Waals surface area contributed by atoms with Crippen LogP contribution in [-0.2, 0) is 17.6 Å². The van der Waals surface area contributed by atoms with E-state index in [1.807, 2.05) is 6.07 Å². The molecule has 0 unspecified atom stereocenters. The van der Waals surface area contributed by atoms with Gasteiger partial charge in [-0.3, -0.25) is 4.79 Å². The number of anilines is 2. The van der Waals surface area contributed by atoms with Crippen LogP contribution in [0, 0.1) is 5.92 Å². The molecule has 1 saturated heterocycles. The van der Waals surface area contributed by atoms with E-state index in [-0.39, 0.29) is 18.3 Å². The molecule has 0 atom stereocenters. The SMILES string of the molecule is Cl.O=C(O)C1CCN(CCCCN2c3ccccc3CCc3ccc(Cl)cc32)CC1. The van der Waals surface area contributed by atoms with Crippen LogP contribution in [0.15, 0.2) is 42.5 Å². The van der Waals surface area contributed by atoms with Gasteiger partial charge in [0.1, 0.15) is 0 Å². The lowest BCUT2D eigenvalue weighted by Gasteiger charge is -2.31. The van der Waals surface area contributed by atoms with Crippen LogP contribution in [0.2, 0.25) is 5.02 Å². The molecule has 30 heavy (non-hydrogen) atoms. The van der Waals surface area contributed by atoms with E-state index in [2.05, 4.69) is 46.2 Å². The van der Waals surface area contributed by atoms with E-state index in [1.165, 1.54) is 22.5 Å². The van der Waals surface area contributed by atoms with Gasteiger partial charge < -0.3 is 14.9 Å². The Morgan fingerprint density at radius 1 is 0.967 bits per heavy atom. The molecule has 0 saturated carbocycles. The molecule has 0 radical (unpaired) electrons. The van der Waals surface area contributed by atoms with Gasteiger partial charge >= 0.3 is 5.97 Å². The summed E-state index contributed by atoms with van der Waals surface area (Å²) in [6.07, 6.45) is 5.87. The van der Waals surface area contributed by atoms with Gasteiger partial charge in [0.25, 0.3) is 0 Å². The van der Waals surface area contributed by atoms with Crippen molar-refractivity contribution < 1.29 is 9.90 Å². The molecule has 0 bridgehead atoms. The second-order valence-corrected chi connectivity index (χ2v) is 8.65. The van der Waals surface area contributed by atoms with Gasteiger partial charge in [-0.15, -0.1) is 12.4 Å². The first-order chi connectivity index (χ1) is 14.1. The number of fused-ring (bicyclic) bond motifs is 2. The number of carbonyl (C=O) groups is 1. The lowest BCUT2D eigenvalue weighted by Crippen LogP contribution is -2.37. The highest BCUT2D eigenvalue weighted by molar-refractivity contribution is 6.30. The van der Waals surface area contributed by atoms with Crippen molar-refractivity contribution in [1.82, 2.24) is 4.90 Å². The average molecular weight is 449 g/mol. The number of rotatable bonds is 6. The van der Waals surface area contributed by atoms with E-state index in [1.54, 1.807) is 0 Å². The summed E-state index contributed by atoms with van der Waals surface area (Å²) < 4.78 is 0. The average Bonchev–Trinajstić information content (AvgIpc) is 2.88. The van der Waals surface area contributed by atoms with Crippen molar-refractivity contribution in [2.75, 3.05) is 31.1 Å². The zero-order valence-electron chi connectivity index (χ0n) is 17.2. The zero-order valence-corrected chi connectivity index (χ0v) is 18.8. The van der Waals surface area contributed by atoms with Gasteiger partial charge in [-0.25, -0.2) is 0 Å². The molecule has 1 N–H and O–H groups in total. The van der Waals surface area contributed by atoms with E-state index in [0.29, 0.717) is 0 Å². The Balaban J connectivity index is 0.00000256. The number of unbranched alkanes of at least 4 members (excludes halogenated alkanes) is 1. The number of carboxylic acids is 1. The predicted molar refractivity (Wildman–Crippen MR) is 126 cm³/mol. The van der Waals surface area contributed by atoms with Crippen molar-refractivity contribution in [1.29, 1.82) is 0 Å². The number of para-hydroxylation sites is 1. The van der Waals surface area contributed by atoms with Crippen LogP contribution in [0.4, 0.5) is 11.4 Å². The van der Waals surface area contributed by atoms with Crippen LogP contribution in [0.25, 0.3) is 0 Å². The van der Waals surface area contributed by atoms with Crippen LogP contribution in [0.1, 0.15) is 36.8 Å². The fourth-order valence-corrected chi connectivity index (χ4v) is 4.80. The highest BCUT2D eigenvalue weighted by atomic mass is 35.5. The Morgan fingerprint density at radius 2 is 1.63 bits per heavy atom. The molecule has 0 aromatic heterocycles. The largest absolute Gasteiger partial charge is 0.481 e. The predicted octanol–water partition coefficient (Wildman–Crippen LogP) is 5.58. The molecule has 4 nitrogen and oxygen atoms in total. The Kier molecular flexibility index (Phi) is 8.04. The number of benzene rings is 2. The minimum absolute atomic E-state index is 0. The summed E-state index contributed by atoms with van der Waals surface area (Å²) in [6.45, 7) is 3.82. The first-order valence-electron chi connectivity index (χ1n) is 10.7. The maximum Gasteiger partial charge on any atom is 0.306 e. The van der Waals surface area contributed by atoms with Gasteiger partial charge in [-0.1, -0.05) is 35.9 Å². The number of aliphatic carboxylic acids is 1. The molecular weight excluding hydrogens is 419 g/mol. The molecular formula is C24H30Cl2N2O2. The van der Waals surface area contributed by atoms with Crippen molar-refractivity contribution in [3.05, 3.63) is 58.6 Å². The summed E-state index contributed by atoms with van der Waals surface area (Å²) in [4.78, 5) is 16.0. The van der Waals surface area contributed by atoms with Gasteiger partial charge in [0, 0.05) is 22.9 Å². The molecule has 2 aromatic rings. The molecule has 1 fully saturated rings. The molecule has 2 aliphatic heterocycles. The summed E-state index contributed by atoms with van der Waals surface area (Å²) in [6, 6.07) is 15.0. The molecule has 6 heteroatoms. The van der Waals surface area contributed by atoms with Crippen LogP contribution in [-0.4, -0.2) is 42.2 Å². The number of carboxylic acid groups (broad SMARTS) is 1. The first kappa shape index (κ1) is 22.9. The van der Waals surface area contributed by atoms with Crippen molar-refractivity contribution in [3.63, 3.8) is 0 Å². The Morgan fingerprint density at radius 3 is 2.37 bits per heavy atom. The zero-order chi connectivity index (χ0) is 20.2. The maximum absolute atomic E-state index is 11.1. The molecule has 2 aliphatic rings. The highest BCUT2D eigenvalue weighted by Gasteiger charge is 2.24. The van der Waals surface area contributed by atoms with Crippen molar-refractivity contribution in [3.8, 4) is 0 Å². The van der Waals surface area contributed by atoms with E-state index >= 15 is 0 Å². The normalized spacial score (nSPS) is 16.9. The number of nitrogens with zero attached hydrogens (tertiary/aromatic N) is 2. The molecule has 4 rings (SSSR count). The van der Waals surface area contributed by atoms with E-state index in [9.17, 15) is 4.79 Å². The van der Waals surface area contributed by atoms with Gasteiger partial charge in [-0.05, 0) is 87.5 Å².